The first-order valence-electron chi connectivity index (χ1n) is 11.0. The Hall–Kier alpha value is -3.79. The maximum Gasteiger partial charge on any atom is 0.322 e. The van der Waals surface area contributed by atoms with Crippen LogP contribution in [0.25, 0.3) is 5.69 Å². The number of aryl methyl sites for hydroxylation is 2. The van der Waals surface area contributed by atoms with E-state index in [9.17, 15) is 4.79 Å². The molecular weight excluding hydrogens is 394 g/mol. The number of anilines is 1. The zero-order chi connectivity index (χ0) is 22.2. The normalized spacial score (nSPS) is 15.0. The molecule has 0 aliphatic carbocycles. The van der Waals surface area contributed by atoms with Crippen molar-refractivity contribution < 1.29 is 4.79 Å². The Morgan fingerprint density at radius 1 is 0.844 bits per heavy atom. The van der Waals surface area contributed by atoms with Crippen LogP contribution in [-0.4, -0.2) is 15.5 Å². The summed E-state index contributed by atoms with van der Waals surface area (Å²) in [7, 11) is 0. The zero-order valence-corrected chi connectivity index (χ0v) is 18.7. The minimum Gasteiger partial charge on any atom is -0.318 e. The number of benzene rings is 3. The van der Waals surface area contributed by atoms with Crippen LogP contribution in [0.15, 0.2) is 85.1 Å². The van der Waals surface area contributed by atoms with E-state index < -0.39 is 0 Å². The number of fused-ring (bicyclic) bond motifs is 3. The maximum atomic E-state index is 13.8. The molecule has 4 heteroatoms. The number of amides is 2. The van der Waals surface area contributed by atoms with Crippen LogP contribution in [0.5, 0.6) is 0 Å². The molecule has 0 saturated heterocycles. The van der Waals surface area contributed by atoms with Crippen molar-refractivity contribution in [2.75, 3.05) is 5.32 Å². The Kier molecular flexibility index (Phi) is 5.06. The highest BCUT2D eigenvalue weighted by atomic mass is 16.2. The minimum atomic E-state index is -0.205. The molecule has 1 aromatic heterocycles. The SMILES string of the molecule is Cc1ccccc1[C@H]1c2cccn2-c2ccccc2CN1C(=O)Nc1cccc(C)c1C. The Morgan fingerprint density at radius 3 is 2.44 bits per heavy atom. The quantitative estimate of drug-likeness (QED) is 0.392. The topological polar surface area (TPSA) is 37.3 Å². The van der Waals surface area contributed by atoms with Crippen molar-refractivity contribution in [1.82, 2.24) is 9.47 Å². The number of carbonyl (C=O) groups excluding carboxylic acids is 1. The van der Waals surface area contributed by atoms with Crippen molar-refractivity contribution in [3.63, 3.8) is 0 Å². The molecule has 4 nitrogen and oxygen atoms in total. The molecule has 0 unspecified atom stereocenters. The molecule has 32 heavy (non-hydrogen) atoms. The molecule has 1 aliphatic heterocycles. The van der Waals surface area contributed by atoms with Crippen molar-refractivity contribution in [3.05, 3.63) is 119 Å². The largest absolute Gasteiger partial charge is 0.322 e. The smallest absolute Gasteiger partial charge is 0.318 e. The summed E-state index contributed by atoms with van der Waals surface area (Å²) in [5.74, 6) is 0. The van der Waals surface area contributed by atoms with Gasteiger partial charge in [-0.3, -0.25) is 0 Å². The number of hydrogen-bond donors (Lipinski definition) is 1. The molecule has 4 aromatic rings. The second-order valence-electron chi connectivity index (χ2n) is 8.50. The summed E-state index contributed by atoms with van der Waals surface area (Å²) >= 11 is 0. The van der Waals surface area contributed by atoms with Gasteiger partial charge in [-0.1, -0.05) is 54.6 Å². The van der Waals surface area contributed by atoms with Crippen molar-refractivity contribution >= 4 is 11.7 Å². The maximum absolute atomic E-state index is 13.8. The van der Waals surface area contributed by atoms with E-state index in [1.165, 1.54) is 5.56 Å². The van der Waals surface area contributed by atoms with Gasteiger partial charge in [-0.2, -0.15) is 0 Å². The molecule has 1 atom stereocenters. The number of carbonyl (C=O) groups is 1. The van der Waals surface area contributed by atoms with Crippen molar-refractivity contribution in [1.29, 1.82) is 0 Å². The van der Waals surface area contributed by atoms with Gasteiger partial charge in [0.1, 0.15) is 6.04 Å². The van der Waals surface area contributed by atoms with Crippen molar-refractivity contribution in [3.8, 4) is 5.69 Å². The van der Waals surface area contributed by atoms with E-state index in [-0.39, 0.29) is 12.1 Å². The van der Waals surface area contributed by atoms with Crippen LogP contribution < -0.4 is 5.32 Å². The first-order valence-corrected chi connectivity index (χ1v) is 11.0. The van der Waals surface area contributed by atoms with E-state index in [0.29, 0.717) is 6.54 Å². The molecule has 2 amide bonds. The van der Waals surface area contributed by atoms with Gasteiger partial charge in [0.2, 0.25) is 0 Å². The molecule has 3 aromatic carbocycles. The van der Waals surface area contributed by atoms with E-state index in [1.807, 2.05) is 36.1 Å². The van der Waals surface area contributed by atoms with Gasteiger partial charge in [-0.15, -0.1) is 0 Å². The fraction of sp³-hybridized carbons (Fsp3) is 0.179. The highest BCUT2D eigenvalue weighted by Gasteiger charge is 2.33. The summed E-state index contributed by atoms with van der Waals surface area (Å²) in [6.45, 7) is 6.75. The van der Waals surface area contributed by atoms with E-state index in [2.05, 4.69) is 84.5 Å². The molecule has 160 valence electrons. The fourth-order valence-corrected chi connectivity index (χ4v) is 4.63. The standard InChI is InChI=1S/C28H27N3O/c1-19-11-8-14-24(21(19)3)29-28(32)31-18-22-12-5-7-15-25(22)30-17-9-16-26(30)27(31)23-13-6-4-10-20(23)2/h4-17,27H,18H2,1-3H3,(H,29,32)/t27-/m0/s1. The lowest BCUT2D eigenvalue weighted by Crippen LogP contribution is -2.38. The second-order valence-corrected chi connectivity index (χ2v) is 8.50. The van der Waals surface area contributed by atoms with E-state index in [0.717, 1.165) is 39.3 Å². The van der Waals surface area contributed by atoms with E-state index >= 15 is 0 Å². The molecule has 0 bridgehead atoms. The van der Waals surface area contributed by atoms with Crippen molar-refractivity contribution in [2.24, 2.45) is 0 Å². The second kappa shape index (κ2) is 8.04. The van der Waals surface area contributed by atoms with Crippen LogP contribution in [0.3, 0.4) is 0 Å². The van der Waals surface area contributed by atoms with Gasteiger partial charge in [-0.05, 0) is 72.9 Å². The average Bonchev–Trinajstić information content (AvgIpc) is 3.22. The molecule has 0 saturated carbocycles. The van der Waals surface area contributed by atoms with Gasteiger partial charge >= 0.3 is 6.03 Å². The predicted molar refractivity (Wildman–Crippen MR) is 129 cm³/mol. The number of aromatic nitrogens is 1. The zero-order valence-electron chi connectivity index (χ0n) is 18.7. The third-order valence-electron chi connectivity index (χ3n) is 6.55. The van der Waals surface area contributed by atoms with Crippen LogP contribution in [0.4, 0.5) is 10.5 Å². The Morgan fingerprint density at radius 2 is 1.59 bits per heavy atom. The van der Waals surface area contributed by atoms with Crippen molar-refractivity contribution in [2.45, 2.75) is 33.4 Å². The Labute approximate surface area is 189 Å². The molecule has 0 spiro atoms. The van der Waals surface area contributed by atoms with Crippen LogP contribution in [0.2, 0.25) is 0 Å². The van der Waals surface area contributed by atoms with E-state index in [4.69, 9.17) is 0 Å². The fourth-order valence-electron chi connectivity index (χ4n) is 4.63. The van der Waals surface area contributed by atoms with Gasteiger partial charge in [0, 0.05) is 17.6 Å². The molecule has 0 radical (unpaired) electrons. The first kappa shape index (κ1) is 20.1. The van der Waals surface area contributed by atoms with Gasteiger partial charge < -0.3 is 14.8 Å². The molecular formula is C28H27N3O. The van der Waals surface area contributed by atoms with Gasteiger partial charge in [0.05, 0.1) is 12.2 Å². The van der Waals surface area contributed by atoms with Crippen LogP contribution in [-0.2, 0) is 6.54 Å². The summed E-state index contributed by atoms with van der Waals surface area (Å²) in [5, 5.41) is 3.20. The summed E-state index contributed by atoms with van der Waals surface area (Å²) in [5.41, 5.74) is 8.73. The van der Waals surface area contributed by atoms with E-state index in [1.54, 1.807) is 0 Å². The lowest BCUT2D eigenvalue weighted by molar-refractivity contribution is 0.194. The lowest BCUT2D eigenvalue weighted by atomic mass is 9.97. The monoisotopic (exact) mass is 421 g/mol. The summed E-state index contributed by atoms with van der Waals surface area (Å²) in [6.07, 6.45) is 2.09. The molecule has 5 rings (SSSR count). The number of nitrogens with zero attached hydrogens (tertiary/aromatic N) is 2. The molecule has 0 fully saturated rings. The number of para-hydroxylation sites is 1. The number of hydrogen-bond acceptors (Lipinski definition) is 1. The molecule has 2 heterocycles. The van der Waals surface area contributed by atoms with Gasteiger partial charge in [0.15, 0.2) is 0 Å². The van der Waals surface area contributed by atoms with Gasteiger partial charge in [-0.25, -0.2) is 4.79 Å². The van der Waals surface area contributed by atoms with Gasteiger partial charge in [0.25, 0.3) is 0 Å². The average molecular weight is 422 g/mol. The Balaban J connectivity index is 1.66. The van der Waals surface area contributed by atoms with Crippen LogP contribution in [0, 0.1) is 20.8 Å². The lowest BCUT2D eigenvalue weighted by Gasteiger charge is -2.32. The predicted octanol–water partition coefficient (Wildman–Crippen LogP) is 6.54. The summed E-state index contributed by atoms with van der Waals surface area (Å²) < 4.78 is 2.22. The van der Waals surface area contributed by atoms with Crippen LogP contribution in [0.1, 0.15) is 39.6 Å². The summed E-state index contributed by atoms with van der Waals surface area (Å²) in [6, 6.07) is 26.6. The molecule has 1 N–H and O–H groups in total. The van der Waals surface area contributed by atoms with Crippen LogP contribution >= 0.6 is 0 Å². The highest BCUT2D eigenvalue weighted by Crippen LogP contribution is 2.38. The third-order valence-corrected chi connectivity index (χ3v) is 6.55. The minimum absolute atomic E-state index is 0.101. The Bertz CT molecular complexity index is 1300. The number of rotatable bonds is 2. The molecule has 1 aliphatic rings. The number of urea groups is 1. The summed E-state index contributed by atoms with van der Waals surface area (Å²) in [4.78, 5) is 15.8. The first-order chi connectivity index (χ1) is 15.5. The number of nitrogens with one attached hydrogen (secondary N) is 1. The third kappa shape index (κ3) is 3.38. The highest BCUT2D eigenvalue weighted by molar-refractivity contribution is 5.91.